The van der Waals surface area contributed by atoms with Crippen molar-refractivity contribution in [2.75, 3.05) is 32.8 Å². The Labute approximate surface area is 149 Å². The molecule has 6 heteroatoms. The van der Waals surface area contributed by atoms with Crippen LogP contribution in [0, 0.1) is 12.3 Å². The number of Topliss-reactive ketones (excluding diaryl/α,β-unsaturated/α-hetero) is 1. The molecule has 2 heterocycles. The van der Waals surface area contributed by atoms with E-state index in [1.807, 2.05) is 13.8 Å². The lowest BCUT2D eigenvalue weighted by Gasteiger charge is -2.29. The van der Waals surface area contributed by atoms with Crippen LogP contribution in [0.2, 0.25) is 0 Å². The maximum absolute atomic E-state index is 12.7. The van der Waals surface area contributed by atoms with Crippen LogP contribution in [-0.4, -0.2) is 60.5 Å². The first-order chi connectivity index (χ1) is 11.8. The van der Waals surface area contributed by atoms with E-state index >= 15 is 0 Å². The van der Waals surface area contributed by atoms with Crippen LogP contribution in [0.5, 0.6) is 0 Å². The number of ether oxygens (including phenoxy) is 1. The molecule has 2 N–H and O–H groups in total. The molecule has 1 amide bonds. The van der Waals surface area contributed by atoms with Crippen molar-refractivity contribution in [1.29, 1.82) is 0 Å². The molecule has 1 aliphatic carbocycles. The van der Waals surface area contributed by atoms with Gasteiger partial charge in [-0.15, -0.1) is 0 Å². The molecule has 0 radical (unpaired) electrons. The van der Waals surface area contributed by atoms with E-state index in [1.165, 1.54) is 0 Å². The summed E-state index contributed by atoms with van der Waals surface area (Å²) in [5, 5.41) is 3.07. The molecule has 1 fully saturated rings. The maximum Gasteiger partial charge on any atom is 0.268 e. The van der Waals surface area contributed by atoms with Crippen molar-refractivity contribution in [2.24, 2.45) is 5.41 Å². The summed E-state index contributed by atoms with van der Waals surface area (Å²) in [4.78, 5) is 30.7. The molecule has 0 bridgehead atoms. The number of aromatic nitrogens is 1. The number of hydrogen-bond donors (Lipinski definition) is 2. The third-order valence-corrected chi connectivity index (χ3v) is 5.14. The number of amides is 1. The Morgan fingerprint density at radius 2 is 2.00 bits per heavy atom. The molecule has 1 atom stereocenters. The highest BCUT2D eigenvalue weighted by Gasteiger charge is 2.35. The molecule has 3 rings (SSSR count). The molecule has 0 saturated carbocycles. The number of carbonyl (C=O) groups excluding carboxylic acids is 2. The zero-order valence-electron chi connectivity index (χ0n) is 15.7. The number of nitrogens with one attached hydrogen (secondary N) is 2. The molecule has 138 valence electrons. The topological polar surface area (TPSA) is 74.4 Å². The maximum atomic E-state index is 12.7. The lowest BCUT2D eigenvalue weighted by Crippen LogP contribution is -2.46. The van der Waals surface area contributed by atoms with Crippen molar-refractivity contribution >= 4 is 11.7 Å². The summed E-state index contributed by atoms with van der Waals surface area (Å²) in [5.74, 6) is 0.0127. The van der Waals surface area contributed by atoms with Crippen LogP contribution in [0.25, 0.3) is 0 Å². The number of aromatic amines is 1. The molecule has 1 aromatic rings. The minimum Gasteiger partial charge on any atom is -0.379 e. The van der Waals surface area contributed by atoms with Gasteiger partial charge in [0, 0.05) is 43.4 Å². The second kappa shape index (κ2) is 6.92. The van der Waals surface area contributed by atoms with Crippen LogP contribution in [0.3, 0.4) is 0 Å². The van der Waals surface area contributed by atoms with Crippen LogP contribution in [-0.2, 0) is 11.2 Å². The van der Waals surface area contributed by atoms with Crippen molar-refractivity contribution in [2.45, 2.75) is 46.6 Å². The third kappa shape index (κ3) is 3.96. The first kappa shape index (κ1) is 18.1. The van der Waals surface area contributed by atoms with E-state index in [0.717, 1.165) is 56.1 Å². The number of fused-ring (bicyclic) bond motifs is 1. The van der Waals surface area contributed by atoms with Gasteiger partial charge in [0.2, 0.25) is 0 Å². The molecular formula is C19H29N3O3. The fourth-order valence-electron chi connectivity index (χ4n) is 3.97. The van der Waals surface area contributed by atoms with E-state index in [1.54, 1.807) is 0 Å². The van der Waals surface area contributed by atoms with Crippen LogP contribution in [0.1, 0.15) is 59.3 Å². The van der Waals surface area contributed by atoms with E-state index in [0.29, 0.717) is 12.1 Å². The molecule has 25 heavy (non-hydrogen) atoms. The fourth-order valence-corrected chi connectivity index (χ4v) is 3.97. The Hall–Kier alpha value is -1.66. The van der Waals surface area contributed by atoms with Crippen molar-refractivity contribution in [3.63, 3.8) is 0 Å². The number of carbonyl (C=O) groups is 2. The minimum absolute atomic E-state index is 0.0393. The van der Waals surface area contributed by atoms with Crippen molar-refractivity contribution < 1.29 is 14.3 Å². The number of rotatable bonds is 4. The quantitative estimate of drug-likeness (QED) is 0.873. The smallest absolute Gasteiger partial charge is 0.268 e. The predicted octanol–water partition coefficient (Wildman–Crippen LogP) is 1.93. The van der Waals surface area contributed by atoms with Gasteiger partial charge in [0.25, 0.3) is 5.91 Å². The number of hydrogen-bond acceptors (Lipinski definition) is 4. The highest BCUT2D eigenvalue weighted by molar-refractivity contribution is 6.04. The van der Waals surface area contributed by atoms with E-state index in [-0.39, 0.29) is 23.1 Å². The van der Waals surface area contributed by atoms with Crippen molar-refractivity contribution in [3.05, 3.63) is 22.5 Å². The van der Waals surface area contributed by atoms with Gasteiger partial charge in [-0.05, 0) is 31.2 Å². The SMILES string of the molecule is Cc1c(C(=O)NC(C)CN2CCOCC2)[nH]c2c1C(=O)CC(C)(C)C2. The van der Waals surface area contributed by atoms with Crippen LogP contribution >= 0.6 is 0 Å². The molecule has 2 aliphatic rings. The Balaban J connectivity index is 1.69. The molecule has 1 saturated heterocycles. The van der Waals surface area contributed by atoms with Crippen LogP contribution < -0.4 is 5.32 Å². The number of morpholine rings is 1. The normalized spacial score (nSPS) is 21.7. The highest BCUT2D eigenvalue weighted by Crippen LogP contribution is 2.36. The number of ketones is 1. The second-order valence-electron chi connectivity index (χ2n) is 8.21. The minimum atomic E-state index is -0.127. The van der Waals surface area contributed by atoms with Gasteiger partial charge in [-0.2, -0.15) is 0 Å². The van der Waals surface area contributed by atoms with Crippen molar-refractivity contribution in [1.82, 2.24) is 15.2 Å². The monoisotopic (exact) mass is 347 g/mol. The van der Waals surface area contributed by atoms with Gasteiger partial charge >= 0.3 is 0 Å². The molecule has 6 nitrogen and oxygen atoms in total. The average molecular weight is 347 g/mol. The summed E-state index contributed by atoms with van der Waals surface area (Å²) in [6.45, 7) is 12.2. The van der Waals surface area contributed by atoms with Gasteiger partial charge in [-0.3, -0.25) is 14.5 Å². The van der Waals surface area contributed by atoms with Crippen LogP contribution in [0.15, 0.2) is 0 Å². The Morgan fingerprint density at radius 3 is 2.68 bits per heavy atom. The molecule has 0 spiro atoms. The van der Waals surface area contributed by atoms with Gasteiger partial charge in [0.15, 0.2) is 5.78 Å². The van der Waals surface area contributed by atoms with Gasteiger partial charge in [-0.1, -0.05) is 13.8 Å². The average Bonchev–Trinajstić information content (AvgIpc) is 2.83. The van der Waals surface area contributed by atoms with E-state index < -0.39 is 0 Å². The second-order valence-corrected chi connectivity index (χ2v) is 8.21. The summed E-state index contributed by atoms with van der Waals surface area (Å²) >= 11 is 0. The van der Waals surface area contributed by atoms with Crippen molar-refractivity contribution in [3.8, 4) is 0 Å². The summed E-state index contributed by atoms with van der Waals surface area (Å²) in [5.41, 5.74) is 2.89. The van der Waals surface area contributed by atoms with Crippen LogP contribution in [0.4, 0.5) is 0 Å². The lowest BCUT2D eigenvalue weighted by molar-refractivity contribution is 0.0342. The zero-order valence-corrected chi connectivity index (χ0v) is 15.7. The summed E-state index contributed by atoms with van der Waals surface area (Å²) in [7, 11) is 0. The zero-order chi connectivity index (χ0) is 18.2. The highest BCUT2D eigenvalue weighted by atomic mass is 16.5. The molecule has 1 aromatic heterocycles. The van der Waals surface area contributed by atoms with E-state index in [9.17, 15) is 9.59 Å². The van der Waals surface area contributed by atoms with E-state index in [4.69, 9.17) is 4.74 Å². The Bertz CT molecular complexity index is 672. The Morgan fingerprint density at radius 1 is 1.32 bits per heavy atom. The summed E-state index contributed by atoms with van der Waals surface area (Å²) in [6.07, 6.45) is 1.33. The number of nitrogens with zero attached hydrogens (tertiary/aromatic N) is 1. The molecule has 1 unspecified atom stereocenters. The first-order valence-corrected chi connectivity index (χ1v) is 9.12. The van der Waals surface area contributed by atoms with Gasteiger partial charge in [0.1, 0.15) is 5.69 Å². The standard InChI is InChI=1S/C19H29N3O3/c1-12(11-22-5-7-25-8-6-22)20-18(24)17-13(2)16-14(21-17)9-19(3,4)10-15(16)23/h12,21H,5-11H2,1-4H3,(H,20,24). The fraction of sp³-hybridized carbons (Fsp3) is 0.684. The third-order valence-electron chi connectivity index (χ3n) is 5.14. The van der Waals surface area contributed by atoms with Gasteiger partial charge in [0.05, 0.1) is 13.2 Å². The Kier molecular flexibility index (Phi) is 5.02. The lowest BCUT2D eigenvalue weighted by atomic mass is 9.75. The largest absolute Gasteiger partial charge is 0.379 e. The van der Waals surface area contributed by atoms with E-state index in [2.05, 4.69) is 29.0 Å². The number of H-pyrrole nitrogens is 1. The summed E-state index contributed by atoms with van der Waals surface area (Å²) < 4.78 is 5.35. The summed E-state index contributed by atoms with van der Waals surface area (Å²) in [6, 6.07) is 0.0393. The first-order valence-electron chi connectivity index (χ1n) is 9.12. The predicted molar refractivity (Wildman–Crippen MR) is 96.1 cm³/mol. The molecule has 0 aromatic carbocycles. The molecular weight excluding hydrogens is 318 g/mol. The molecule has 1 aliphatic heterocycles. The van der Waals surface area contributed by atoms with Gasteiger partial charge < -0.3 is 15.0 Å². The van der Waals surface area contributed by atoms with Gasteiger partial charge in [-0.25, -0.2) is 0 Å².